The first-order chi connectivity index (χ1) is 10.3. The molecule has 2 aromatic rings. The second-order valence-electron chi connectivity index (χ2n) is 5.57. The van der Waals surface area contributed by atoms with Crippen LogP contribution in [-0.4, -0.2) is 34.9 Å². The van der Waals surface area contributed by atoms with Crippen LogP contribution < -0.4 is 10.1 Å². The summed E-state index contributed by atoms with van der Waals surface area (Å²) in [5.41, 5.74) is 2.06. The van der Waals surface area contributed by atoms with Crippen molar-refractivity contribution in [3.05, 3.63) is 18.2 Å². The van der Waals surface area contributed by atoms with Gasteiger partial charge in [-0.1, -0.05) is 25.1 Å². The Morgan fingerprint density at radius 2 is 2.33 bits per heavy atom. The zero-order chi connectivity index (χ0) is 14.7. The fourth-order valence-corrected chi connectivity index (χ4v) is 4.21. The summed E-state index contributed by atoms with van der Waals surface area (Å²) < 4.78 is 5.26. The van der Waals surface area contributed by atoms with Crippen molar-refractivity contribution < 1.29 is 4.74 Å². The minimum absolute atomic E-state index is 0.623. The van der Waals surface area contributed by atoms with Gasteiger partial charge in [-0.2, -0.15) is 0 Å². The zero-order valence-corrected chi connectivity index (χ0v) is 13.5. The molecule has 3 rings (SSSR count). The van der Waals surface area contributed by atoms with Crippen LogP contribution >= 0.6 is 11.8 Å². The van der Waals surface area contributed by atoms with Gasteiger partial charge in [0.2, 0.25) is 0 Å². The van der Waals surface area contributed by atoms with Crippen molar-refractivity contribution in [2.45, 2.75) is 49.1 Å². The average molecular weight is 305 g/mol. The van der Waals surface area contributed by atoms with Gasteiger partial charge < -0.3 is 15.0 Å². The van der Waals surface area contributed by atoms with Gasteiger partial charge >= 0.3 is 0 Å². The second kappa shape index (κ2) is 6.71. The number of hydrogen-bond donors (Lipinski definition) is 2. The van der Waals surface area contributed by atoms with Gasteiger partial charge in [0.25, 0.3) is 0 Å². The smallest absolute Gasteiger partial charge is 0.166 e. The van der Waals surface area contributed by atoms with Crippen LogP contribution in [0.25, 0.3) is 11.0 Å². The lowest BCUT2D eigenvalue weighted by Crippen LogP contribution is -2.34. The Morgan fingerprint density at radius 3 is 3.14 bits per heavy atom. The van der Waals surface area contributed by atoms with E-state index >= 15 is 0 Å². The molecule has 1 aliphatic carbocycles. The normalized spacial score (nSPS) is 22.0. The number of hydrogen-bond acceptors (Lipinski definition) is 4. The van der Waals surface area contributed by atoms with Crippen LogP contribution in [0.1, 0.15) is 32.6 Å². The third-order valence-corrected chi connectivity index (χ3v) is 5.32. The van der Waals surface area contributed by atoms with Crippen LogP contribution in [0.5, 0.6) is 5.75 Å². The van der Waals surface area contributed by atoms with E-state index in [1.165, 1.54) is 25.7 Å². The number of ether oxygens (including phenoxy) is 1. The lowest BCUT2D eigenvalue weighted by Gasteiger charge is -2.19. The molecule has 2 atom stereocenters. The minimum atomic E-state index is 0.623. The largest absolute Gasteiger partial charge is 0.497 e. The number of nitrogens with zero attached hydrogens (tertiary/aromatic N) is 1. The molecule has 5 heteroatoms. The molecule has 1 aromatic heterocycles. The Labute approximate surface area is 130 Å². The first kappa shape index (κ1) is 14.7. The molecule has 1 heterocycles. The van der Waals surface area contributed by atoms with E-state index in [-0.39, 0.29) is 0 Å². The monoisotopic (exact) mass is 305 g/mol. The average Bonchev–Trinajstić information content (AvgIpc) is 3.10. The molecule has 4 nitrogen and oxygen atoms in total. The van der Waals surface area contributed by atoms with Crippen molar-refractivity contribution >= 4 is 22.8 Å². The Hall–Kier alpha value is -1.20. The minimum Gasteiger partial charge on any atom is -0.497 e. The summed E-state index contributed by atoms with van der Waals surface area (Å²) in [5.74, 6) is 0.867. The molecule has 0 bridgehead atoms. The van der Waals surface area contributed by atoms with Crippen LogP contribution in [0.3, 0.4) is 0 Å². The fraction of sp³-hybridized carbons (Fsp3) is 0.562. The quantitative estimate of drug-likeness (QED) is 0.856. The van der Waals surface area contributed by atoms with Gasteiger partial charge in [0, 0.05) is 17.4 Å². The summed E-state index contributed by atoms with van der Waals surface area (Å²) in [5, 5.41) is 5.32. The highest BCUT2D eigenvalue weighted by Crippen LogP contribution is 2.34. The maximum absolute atomic E-state index is 5.26. The number of H-pyrrole nitrogens is 1. The van der Waals surface area contributed by atoms with E-state index < -0.39 is 0 Å². The van der Waals surface area contributed by atoms with Crippen LogP contribution in [0.15, 0.2) is 23.4 Å². The molecule has 2 unspecified atom stereocenters. The van der Waals surface area contributed by atoms with E-state index in [1.54, 1.807) is 7.11 Å². The van der Waals surface area contributed by atoms with Crippen LogP contribution in [0, 0.1) is 0 Å². The summed E-state index contributed by atoms with van der Waals surface area (Å²) in [6, 6.07) is 6.60. The van der Waals surface area contributed by atoms with Gasteiger partial charge in [0.05, 0.1) is 18.1 Å². The number of rotatable bonds is 6. The molecule has 0 saturated heterocycles. The van der Waals surface area contributed by atoms with E-state index in [4.69, 9.17) is 9.72 Å². The molecular formula is C16H23N3OS. The van der Waals surface area contributed by atoms with Crippen molar-refractivity contribution in [1.29, 1.82) is 0 Å². The maximum Gasteiger partial charge on any atom is 0.166 e. The van der Waals surface area contributed by atoms with Crippen LogP contribution in [-0.2, 0) is 0 Å². The Kier molecular flexibility index (Phi) is 4.70. The number of aromatic nitrogens is 2. The van der Waals surface area contributed by atoms with Gasteiger partial charge in [-0.25, -0.2) is 4.98 Å². The SMILES string of the molecule is CCCNC1CCCC1Sc1nc2ccc(OC)cc2[nH]1. The van der Waals surface area contributed by atoms with Gasteiger partial charge in [-0.05, 0) is 37.9 Å². The third kappa shape index (κ3) is 3.35. The first-order valence-corrected chi connectivity index (χ1v) is 8.62. The highest BCUT2D eigenvalue weighted by molar-refractivity contribution is 7.99. The highest BCUT2D eigenvalue weighted by Gasteiger charge is 2.28. The van der Waals surface area contributed by atoms with Crippen molar-refractivity contribution in [1.82, 2.24) is 15.3 Å². The summed E-state index contributed by atoms with van der Waals surface area (Å²) in [6.07, 6.45) is 5.06. The Bertz CT molecular complexity index is 598. The van der Waals surface area contributed by atoms with Gasteiger partial charge in [-0.3, -0.25) is 0 Å². The number of aromatic amines is 1. The van der Waals surface area contributed by atoms with Gasteiger partial charge in [0.15, 0.2) is 5.16 Å². The molecule has 114 valence electrons. The summed E-state index contributed by atoms with van der Waals surface area (Å²) in [6.45, 7) is 3.33. The number of nitrogens with one attached hydrogen (secondary N) is 2. The van der Waals surface area contributed by atoms with Crippen LogP contribution in [0.4, 0.5) is 0 Å². The van der Waals surface area contributed by atoms with E-state index in [0.717, 1.165) is 28.5 Å². The molecular weight excluding hydrogens is 282 g/mol. The maximum atomic E-state index is 5.26. The van der Waals surface area contributed by atoms with E-state index in [0.29, 0.717) is 11.3 Å². The first-order valence-electron chi connectivity index (χ1n) is 7.74. The van der Waals surface area contributed by atoms with Gasteiger partial charge in [-0.15, -0.1) is 0 Å². The van der Waals surface area contributed by atoms with Crippen molar-refractivity contribution in [2.75, 3.05) is 13.7 Å². The van der Waals surface area contributed by atoms with Crippen molar-refractivity contribution in [2.24, 2.45) is 0 Å². The molecule has 0 aliphatic heterocycles. The van der Waals surface area contributed by atoms with Crippen molar-refractivity contribution in [3.8, 4) is 5.75 Å². The molecule has 1 saturated carbocycles. The fourth-order valence-electron chi connectivity index (χ4n) is 2.92. The zero-order valence-electron chi connectivity index (χ0n) is 12.7. The molecule has 0 radical (unpaired) electrons. The van der Waals surface area contributed by atoms with E-state index in [9.17, 15) is 0 Å². The number of thioether (sulfide) groups is 1. The summed E-state index contributed by atoms with van der Waals surface area (Å²) in [7, 11) is 1.69. The van der Waals surface area contributed by atoms with Crippen molar-refractivity contribution in [3.63, 3.8) is 0 Å². The predicted molar refractivity (Wildman–Crippen MR) is 88.2 cm³/mol. The number of fused-ring (bicyclic) bond motifs is 1. The molecule has 21 heavy (non-hydrogen) atoms. The Morgan fingerprint density at radius 1 is 1.43 bits per heavy atom. The molecule has 0 spiro atoms. The molecule has 0 amide bonds. The molecule has 1 aromatic carbocycles. The second-order valence-corrected chi connectivity index (χ2v) is 6.80. The Balaban J connectivity index is 1.72. The van der Waals surface area contributed by atoms with E-state index in [1.807, 2.05) is 30.0 Å². The lowest BCUT2D eigenvalue weighted by atomic mass is 10.2. The topological polar surface area (TPSA) is 49.9 Å². The molecule has 1 fully saturated rings. The standard InChI is InChI=1S/C16H23N3OS/c1-3-9-17-13-5-4-6-15(13)21-16-18-12-8-7-11(20-2)10-14(12)19-16/h7-8,10,13,15,17H,3-6,9H2,1-2H3,(H,18,19). The van der Waals surface area contributed by atoms with Gasteiger partial charge in [0.1, 0.15) is 5.75 Å². The number of imidazole rings is 1. The van der Waals surface area contributed by atoms with Crippen LogP contribution in [0.2, 0.25) is 0 Å². The lowest BCUT2D eigenvalue weighted by molar-refractivity contribution is 0.415. The predicted octanol–water partition coefficient (Wildman–Crippen LogP) is 3.58. The third-order valence-electron chi connectivity index (χ3n) is 4.04. The number of methoxy groups -OCH3 is 1. The summed E-state index contributed by atoms with van der Waals surface area (Å²) in [4.78, 5) is 8.11. The molecule has 1 aliphatic rings. The highest BCUT2D eigenvalue weighted by atomic mass is 32.2. The van der Waals surface area contributed by atoms with E-state index in [2.05, 4.69) is 17.2 Å². The number of benzene rings is 1. The molecule has 2 N–H and O–H groups in total. The summed E-state index contributed by atoms with van der Waals surface area (Å²) >= 11 is 1.88.